The number of hydrogen-bond acceptors (Lipinski definition) is 5. The van der Waals surface area contributed by atoms with Crippen molar-refractivity contribution in [2.45, 2.75) is 25.4 Å². The quantitative estimate of drug-likeness (QED) is 0.744. The lowest BCUT2D eigenvalue weighted by Gasteiger charge is -2.30. The number of halogens is 3. The second-order valence-electron chi connectivity index (χ2n) is 6.89. The molecule has 30 heavy (non-hydrogen) atoms. The van der Waals surface area contributed by atoms with Crippen molar-refractivity contribution in [1.29, 1.82) is 0 Å². The molecule has 3 rings (SSSR count). The van der Waals surface area contributed by atoms with E-state index < -0.39 is 24.6 Å². The van der Waals surface area contributed by atoms with Gasteiger partial charge in [-0.15, -0.1) is 0 Å². The molecule has 7 nitrogen and oxygen atoms in total. The van der Waals surface area contributed by atoms with Crippen molar-refractivity contribution in [3.8, 4) is 5.88 Å². The van der Waals surface area contributed by atoms with Crippen molar-refractivity contribution < 1.29 is 27.5 Å². The van der Waals surface area contributed by atoms with Gasteiger partial charge in [-0.3, -0.25) is 9.59 Å². The van der Waals surface area contributed by atoms with Crippen LogP contribution in [-0.2, 0) is 0 Å². The van der Waals surface area contributed by atoms with E-state index in [-0.39, 0.29) is 17.0 Å². The number of aromatic nitrogens is 1. The number of piperidine rings is 1. The molecule has 1 aromatic heterocycles. The Morgan fingerprint density at radius 3 is 2.40 bits per heavy atom. The third-order valence-electron chi connectivity index (χ3n) is 4.61. The van der Waals surface area contributed by atoms with Gasteiger partial charge in [0.15, 0.2) is 6.61 Å². The summed E-state index contributed by atoms with van der Waals surface area (Å²) < 4.78 is 41.2. The van der Waals surface area contributed by atoms with Gasteiger partial charge in [0.05, 0.1) is 16.9 Å². The van der Waals surface area contributed by atoms with Gasteiger partial charge in [-0.2, -0.15) is 13.2 Å². The topological polar surface area (TPSA) is 97.6 Å². The maximum absolute atomic E-state index is 12.7. The van der Waals surface area contributed by atoms with Gasteiger partial charge in [0.2, 0.25) is 11.8 Å². The second-order valence-corrected chi connectivity index (χ2v) is 6.89. The number of primary amides is 1. The molecule has 1 aromatic carbocycles. The molecule has 0 unspecified atom stereocenters. The monoisotopic (exact) mass is 422 g/mol. The molecule has 0 atom stereocenters. The normalized spacial score (nSPS) is 14.3. The summed E-state index contributed by atoms with van der Waals surface area (Å²) in [5.41, 5.74) is 6.93. The fraction of sp³-hybridized carbons (Fsp3) is 0.350. The van der Waals surface area contributed by atoms with Crippen molar-refractivity contribution in [2.75, 3.05) is 29.9 Å². The third-order valence-corrected chi connectivity index (χ3v) is 4.61. The standard InChI is InChI=1S/C20H21F3N4O3/c21-20(22,23)12-30-17-7-5-14(11-25-17)19(29)26-15-10-13(18(24)28)4-6-16(15)27-8-2-1-3-9-27/h4-7,10-11H,1-3,8-9,12H2,(H2,24,28)(H,26,29). The van der Waals surface area contributed by atoms with Crippen molar-refractivity contribution >= 4 is 23.2 Å². The number of benzene rings is 1. The molecule has 1 fully saturated rings. The summed E-state index contributed by atoms with van der Waals surface area (Å²) in [6, 6.07) is 7.36. The van der Waals surface area contributed by atoms with Crippen molar-refractivity contribution in [3.63, 3.8) is 0 Å². The maximum atomic E-state index is 12.7. The first-order valence-electron chi connectivity index (χ1n) is 9.39. The van der Waals surface area contributed by atoms with E-state index in [9.17, 15) is 22.8 Å². The number of carbonyl (C=O) groups is 2. The Kier molecular flexibility index (Phi) is 6.43. The van der Waals surface area contributed by atoms with Crippen LogP contribution in [0.2, 0.25) is 0 Å². The Bertz CT molecular complexity index is 911. The number of hydrogen-bond donors (Lipinski definition) is 2. The number of nitrogens with zero attached hydrogens (tertiary/aromatic N) is 2. The van der Waals surface area contributed by atoms with E-state index in [1.807, 2.05) is 0 Å². The van der Waals surface area contributed by atoms with Crippen molar-refractivity contribution in [3.05, 3.63) is 47.7 Å². The molecular weight excluding hydrogens is 401 g/mol. The fourth-order valence-corrected chi connectivity index (χ4v) is 3.15. The smallest absolute Gasteiger partial charge is 0.422 e. The van der Waals surface area contributed by atoms with Gasteiger partial charge in [0.25, 0.3) is 5.91 Å². The van der Waals surface area contributed by atoms with Gasteiger partial charge in [0.1, 0.15) is 0 Å². The number of ether oxygens (including phenoxy) is 1. The van der Waals surface area contributed by atoms with Crippen molar-refractivity contribution in [1.82, 2.24) is 4.98 Å². The summed E-state index contributed by atoms with van der Waals surface area (Å²) in [5.74, 6) is -1.39. The minimum Gasteiger partial charge on any atom is -0.468 e. The average Bonchev–Trinajstić information content (AvgIpc) is 2.72. The minimum absolute atomic E-state index is 0.128. The first-order chi connectivity index (χ1) is 14.2. The minimum atomic E-state index is -4.48. The first kappa shape index (κ1) is 21.4. The van der Waals surface area contributed by atoms with Crippen LogP contribution in [-0.4, -0.2) is 42.7 Å². The van der Waals surface area contributed by atoms with E-state index in [4.69, 9.17) is 5.73 Å². The maximum Gasteiger partial charge on any atom is 0.422 e. The Hall–Kier alpha value is -3.30. The summed E-state index contributed by atoms with van der Waals surface area (Å²) >= 11 is 0. The summed E-state index contributed by atoms with van der Waals surface area (Å²) in [4.78, 5) is 30.1. The van der Waals surface area contributed by atoms with Crippen LogP contribution in [0.4, 0.5) is 24.5 Å². The van der Waals surface area contributed by atoms with E-state index in [2.05, 4.69) is 19.9 Å². The number of amides is 2. The van der Waals surface area contributed by atoms with Gasteiger partial charge in [-0.25, -0.2) is 4.98 Å². The molecular formula is C20H21F3N4O3. The van der Waals surface area contributed by atoms with Gasteiger partial charge in [0, 0.05) is 30.9 Å². The van der Waals surface area contributed by atoms with Crippen LogP contribution in [0.25, 0.3) is 0 Å². The van der Waals surface area contributed by atoms with Crippen LogP contribution in [0.1, 0.15) is 40.0 Å². The Labute approximate surface area is 171 Å². The van der Waals surface area contributed by atoms with E-state index in [1.54, 1.807) is 12.1 Å². The number of nitrogens with two attached hydrogens (primary N) is 1. The predicted octanol–water partition coefficient (Wildman–Crippen LogP) is 3.36. The summed E-state index contributed by atoms with van der Waals surface area (Å²) in [7, 11) is 0. The highest BCUT2D eigenvalue weighted by Gasteiger charge is 2.28. The SMILES string of the molecule is NC(=O)c1ccc(N2CCCCC2)c(NC(=O)c2ccc(OCC(F)(F)F)nc2)c1. The van der Waals surface area contributed by atoms with E-state index >= 15 is 0 Å². The third kappa shape index (κ3) is 5.62. The number of rotatable bonds is 6. The molecule has 1 aliphatic rings. The molecule has 1 saturated heterocycles. The zero-order valence-corrected chi connectivity index (χ0v) is 16.0. The number of carbonyl (C=O) groups excluding carboxylic acids is 2. The molecule has 2 amide bonds. The molecule has 0 saturated carbocycles. The summed E-state index contributed by atoms with van der Waals surface area (Å²) in [6.07, 6.45) is -0.178. The van der Waals surface area contributed by atoms with Crippen LogP contribution >= 0.6 is 0 Å². The summed E-state index contributed by atoms with van der Waals surface area (Å²) in [5, 5.41) is 2.75. The largest absolute Gasteiger partial charge is 0.468 e. The van der Waals surface area contributed by atoms with E-state index in [0.717, 1.165) is 44.2 Å². The number of nitrogens with one attached hydrogen (secondary N) is 1. The zero-order valence-electron chi connectivity index (χ0n) is 16.0. The van der Waals surface area contributed by atoms with Crippen LogP contribution in [0.5, 0.6) is 5.88 Å². The van der Waals surface area contributed by atoms with Gasteiger partial charge >= 0.3 is 6.18 Å². The molecule has 160 valence electrons. The molecule has 0 spiro atoms. The van der Waals surface area contributed by atoms with Crippen molar-refractivity contribution in [2.24, 2.45) is 5.73 Å². The highest BCUT2D eigenvalue weighted by atomic mass is 19.4. The molecule has 0 radical (unpaired) electrons. The number of anilines is 2. The molecule has 1 aliphatic heterocycles. The average molecular weight is 422 g/mol. The fourth-order valence-electron chi connectivity index (χ4n) is 3.15. The molecule has 10 heteroatoms. The van der Waals surface area contributed by atoms with E-state index in [0.29, 0.717) is 5.69 Å². The molecule has 0 bridgehead atoms. The van der Waals surface area contributed by atoms with Gasteiger partial charge in [-0.05, 0) is 43.5 Å². The number of alkyl halides is 3. The Morgan fingerprint density at radius 1 is 1.10 bits per heavy atom. The predicted molar refractivity (Wildman–Crippen MR) is 105 cm³/mol. The molecule has 2 heterocycles. The molecule has 2 aromatic rings. The zero-order chi connectivity index (χ0) is 21.7. The lowest BCUT2D eigenvalue weighted by atomic mass is 10.1. The van der Waals surface area contributed by atoms with Crippen LogP contribution in [0.3, 0.4) is 0 Å². The Morgan fingerprint density at radius 2 is 1.80 bits per heavy atom. The van der Waals surface area contributed by atoms with Gasteiger partial charge in [-0.1, -0.05) is 0 Å². The second kappa shape index (κ2) is 9.02. The van der Waals surface area contributed by atoms with E-state index in [1.165, 1.54) is 18.2 Å². The molecule has 3 N–H and O–H groups in total. The van der Waals surface area contributed by atoms with Crippen LogP contribution in [0.15, 0.2) is 36.5 Å². The highest BCUT2D eigenvalue weighted by molar-refractivity contribution is 6.07. The number of pyridine rings is 1. The highest BCUT2D eigenvalue weighted by Crippen LogP contribution is 2.30. The lowest BCUT2D eigenvalue weighted by Crippen LogP contribution is -2.30. The Balaban J connectivity index is 1.77. The van der Waals surface area contributed by atoms with Crippen LogP contribution < -0.4 is 20.7 Å². The first-order valence-corrected chi connectivity index (χ1v) is 9.39. The van der Waals surface area contributed by atoms with Gasteiger partial charge < -0.3 is 20.7 Å². The molecule has 0 aliphatic carbocycles. The summed E-state index contributed by atoms with van der Waals surface area (Å²) in [6.45, 7) is 0.182. The lowest BCUT2D eigenvalue weighted by molar-refractivity contribution is -0.154. The van der Waals surface area contributed by atoms with Crippen LogP contribution in [0, 0.1) is 0 Å².